The van der Waals surface area contributed by atoms with Crippen molar-refractivity contribution >= 4 is 10.4 Å². The van der Waals surface area contributed by atoms with Crippen molar-refractivity contribution in [1.29, 1.82) is 0 Å². The standard InChI is InChI=1S/C24H39NO.H2O4S/c1-5-20(6-2)13-15-25-18-22-11-9-14-24(22,17-19(25)4)21-10-8-12-23(16-21)26-7-3;1-5(2,3)4/h8,10,12,16,19-20,22H,5-7,9,11,13-15,17-18H2,1-4H3;(H2,1,2,3,4). The summed E-state index contributed by atoms with van der Waals surface area (Å²) < 4.78 is 37.4. The number of likely N-dealkylation sites (tertiary alicyclic amines) is 1. The first-order chi connectivity index (χ1) is 14.6. The van der Waals surface area contributed by atoms with Gasteiger partial charge in [-0.2, -0.15) is 8.42 Å². The van der Waals surface area contributed by atoms with E-state index in [1.165, 1.54) is 63.6 Å². The van der Waals surface area contributed by atoms with Gasteiger partial charge in [-0.05, 0) is 75.6 Å². The van der Waals surface area contributed by atoms with Crippen molar-refractivity contribution in [2.24, 2.45) is 11.8 Å². The van der Waals surface area contributed by atoms with E-state index < -0.39 is 10.4 Å². The third-order valence-electron chi connectivity index (χ3n) is 7.39. The minimum absolute atomic E-state index is 0.387. The summed E-state index contributed by atoms with van der Waals surface area (Å²) in [5.41, 5.74) is 1.93. The van der Waals surface area contributed by atoms with Gasteiger partial charge in [-0.15, -0.1) is 0 Å². The predicted octanol–water partition coefficient (Wildman–Crippen LogP) is 5.39. The molecule has 1 aliphatic carbocycles. The number of ether oxygens (including phenoxy) is 1. The fraction of sp³-hybridized carbons (Fsp3) is 0.750. The fourth-order valence-electron chi connectivity index (χ4n) is 5.72. The lowest BCUT2D eigenvalue weighted by Gasteiger charge is -2.49. The Morgan fingerprint density at radius 2 is 1.90 bits per heavy atom. The van der Waals surface area contributed by atoms with Crippen LogP contribution in [0.25, 0.3) is 0 Å². The molecule has 0 spiro atoms. The Balaban J connectivity index is 0.000000614. The number of nitrogens with zero attached hydrogens (tertiary/aromatic N) is 1. The average Bonchev–Trinajstić information content (AvgIpc) is 3.12. The molecule has 1 saturated carbocycles. The molecule has 1 aromatic rings. The second-order valence-corrected chi connectivity index (χ2v) is 10.1. The predicted molar refractivity (Wildman–Crippen MR) is 125 cm³/mol. The Bertz CT molecular complexity index is 772. The molecule has 0 amide bonds. The van der Waals surface area contributed by atoms with Crippen molar-refractivity contribution < 1.29 is 22.3 Å². The number of rotatable bonds is 8. The third kappa shape index (κ3) is 7.45. The summed E-state index contributed by atoms with van der Waals surface area (Å²) in [6.07, 6.45) is 9.49. The second kappa shape index (κ2) is 11.6. The van der Waals surface area contributed by atoms with Crippen molar-refractivity contribution in [3.63, 3.8) is 0 Å². The minimum atomic E-state index is -4.67. The lowest BCUT2D eigenvalue weighted by atomic mass is 9.65. The minimum Gasteiger partial charge on any atom is -0.494 e. The highest BCUT2D eigenvalue weighted by atomic mass is 32.3. The molecular weight excluding hydrogens is 414 g/mol. The lowest BCUT2D eigenvalue weighted by molar-refractivity contribution is 0.0584. The molecule has 1 aromatic carbocycles. The summed E-state index contributed by atoms with van der Waals surface area (Å²) in [6.45, 7) is 12.6. The van der Waals surface area contributed by atoms with Crippen LogP contribution in [0.2, 0.25) is 0 Å². The summed E-state index contributed by atoms with van der Waals surface area (Å²) in [5, 5.41) is 0. The Hall–Kier alpha value is -1.15. The maximum atomic E-state index is 8.74. The Kier molecular flexibility index (Phi) is 9.80. The molecule has 31 heavy (non-hydrogen) atoms. The summed E-state index contributed by atoms with van der Waals surface area (Å²) in [5.74, 6) is 2.77. The third-order valence-corrected chi connectivity index (χ3v) is 7.39. The molecular formula is C24H41NO5S. The van der Waals surface area contributed by atoms with Crippen molar-refractivity contribution in [2.45, 2.75) is 84.1 Å². The van der Waals surface area contributed by atoms with E-state index in [4.69, 9.17) is 22.3 Å². The summed E-state index contributed by atoms with van der Waals surface area (Å²) >= 11 is 0. The van der Waals surface area contributed by atoms with Crippen LogP contribution >= 0.6 is 0 Å². The molecule has 7 heteroatoms. The van der Waals surface area contributed by atoms with Gasteiger partial charge in [0, 0.05) is 18.0 Å². The SMILES string of the molecule is CCOc1cccc(C23CCCC2CN(CCC(CC)CC)C(C)C3)c1.O=S(=O)(O)O. The van der Waals surface area contributed by atoms with Gasteiger partial charge < -0.3 is 9.64 Å². The van der Waals surface area contributed by atoms with Gasteiger partial charge in [-0.3, -0.25) is 9.11 Å². The number of hydrogen-bond donors (Lipinski definition) is 2. The lowest BCUT2D eigenvalue weighted by Crippen LogP contribution is -2.52. The van der Waals surface area contributed by atoms with Gasteiger partial charge in [0.1, 0.15) is 5.75 Å². The smallest absolute Gasteiger partial charge is 0.394 e. The monoisotopic (exact) mass is 455 g/mol. The van der Waals surface area contributed by atoms with Crippen molar-refractivity contribution in [1.82, 2.24) is 4.90 Å². The van der Waals surface area contributed by atoms with Crippen LogP contribution in [0.3, 0.4) is 0 Å². The van der Waals surface area contributed by atoms with Gasteiger partial charge in [0.15, 0.2) is 0 Å². The van der Waals surface area contributed by atoms with Crippen molar-refractivity contribution in [3.05, 3.63) is 29.8 Å². The van der Waals surface area contributed by atoms with Crippen molar-refractivity contribution in [2.75, 3.05) is 19.7 Å². The molecule has 1 saturated heterocycles. The van der Waals surface area contributed by atoms with E-state index in [9.17, 15) is 0 Å². The first-order valence-electron chi connectivity index (χ1n) is 11.8. The van der Waals surface area contributed by atoms with Crippen LogP contribution in [-0.4, -0.2) is 48.2 Å². The van der Waals surface area contributed by atoms with Crippen LogP contribution in [0.1, 0.15) is 78.2 Å². The zero-order valence-corrected chi connectivity index (χ0v) is 20.4. The van der Waals surface area contributed by atoms with Gasteiger partial charge in [0.25, 0.3) is 0 Å². The molecule has 2 aliphatic rings. The molecule has 0 bridgehead atoms. The number of fused-ring (bicyclic) bond motifs is 1. The van der Waals surface area contributed by atoms with Crippen molar-refractivity contribution in [3.8, 4) is 5.75 Å². The Labute approximate surface area is 188 Å². The fourth-order valence-corrected chi connectivity index (χ4v) is 5.72. The molecule has 1 aliphatic heterocycles. The maximum absolute atomic E-state index is 8.74. The molecule has 3 unspecified atom stereocenters. The zero-order valence-electron chi connectivity index (χ0n) is 19.6. The molecule has 178 valence electrons. The van der Waals surface area contributed by atoms with Gasteiger partial charge >= 0.3 is 10.4 Å². The zero-order chi connectivity index (χ0) is 23.1. The van der Waals surface area contributed by atoms with Crippen LogP contribution in [0.15, 0.2) is 24.3 Å². The van der Waals surface area contributed by atoms with Crippen LogP contribution < -0.4 is 4.74 Å². The van der Waals surface area contributed by atoms with E-state index in [1.807, 2.05) is 0 Å². The number of hydrogen-bond acceptors (Lipinski definition) is 4. The molecule has 2 fully saturated rings. The van der Waals surface area contributed by atoms with Crippen LogP contribution in [0.5, 0.6) is 5.75 Å². The Morgan fingerprint density at radius 1 is 1.23 bits per heavy atom. The number of benzene rings is 1. The molecule has 1 heterocycles. The van der Waals surface area contributed by atoms with Gasteiger partial charge in [-0.1, -0.05) is 45.2 Å². The van der Waals surface area contributed by atoms with Gasteiger partial charge in [0.2, 0.25) is 0 Å². The first kappa shape index (κ1) is 26.1. The van der Waals surface area contributed by atoms with Gasteiger partial charge in [-0.25, -0.2) is 0 Å². The van der Waals surface area contributed by atoms with Crippen LogP contribution in [0.4, 0.5) is 0 Å². The van der Waals surface area contributed by atoms with Crippen LogP contribution in [-0.2, 0) is 15.8 Å². The molecule has 0 radical (unpaired) electrons. The van der Waals surface area contributed by atoms with E-state index in [1.54, 1.807) is 0 Å². The molecule has 6 nitrogen and oxygen atoms in total. The molecule has 3 rings (SSSR count). The maximum Gasteiger partial charge on any atom is 0.394 e. The first-order valence-corrected chi connectivity index (χ1v) is 13.2. The average molecular weight is 456 g/mol. The summed E-state index contributed by atoms with van der Waals surface area (Å²) in [4.78, 5) is 2.80. The summed E-state index contributed by atoms with van der Waals surface area (Å²) in [6, 6.07) is 9.72. The van der Waals surface area contributed by atoms with E-state index in [0.717, 1.165) is 24.2 Å². The quantitative estimate of drug-likeness (QED) is 0.511. The summed E-state index contributed by atoms with van der Waals surface area (Å²) in [7, 11) is -4.67. The van der Waals surface area contributed by atoms with Gasteiger partial charge in [0.05, 0.1) is 6.61 Å². The Morgan fingerprint density at radius 3 is 2.52 bits per heavy atom. The molecule has 2 N–H and O–H groups in total. The largest absolute Gasteiger partial charge is 0.494 e. The van der Waals surface area contributed by atoms with E-state index in [0.29, 0.717) is 11.5 Å². The van der Waals surface area contributed by atoms with E-state index >= 15 is 0 Å². The molecule has 0 aromatic heterocycles. The van der Waals surface area contributed by atoms with E-state index in [2.05, 4.69) is 56.9 Å². The van der Waals surface area contributed by atoms with E-state index in [-0.39, 0.29) is 0 Å². The highest BCUT2D eigenvalue weighted by Crippen LogP contribution is 2.52. The van der Waals surface area contributed by atoms with Crippen LogP contribution in [0, 0.1) is 11.8 Å². The molecule has 3 atom stereocenters. The highest BCUT2D eigenvalue weighted by Gasteiger charge is 2.49. The normalized spacial score (nSPS) is 26.3. The topological polar surface area (TPSA) is 87.1 Å². The second-order valence-electron chi connectivity index (χ2n) is 9.17. The highest BCUT2D eigenvalue weighted by molar-refractivity contribution is 7.79. The number of piperidine rings is 1.